The van der Waals surface area contributed by atoms with Gasteiger partial charge in [-0.25, -0.2) is 0 Å². The van der Waals surface area contributed by atoms with Crippen molar-refractivity contribution in [3.63, 3.8) is 0 Å². The average molecular weight is 1140 g/mol. The average Bonchev–Trinajstić information content (AvgIpc) is 3.46. The number of aliphatic hydroxyl groups is 11. The van der Waals surface area contributed by atoms with Gasteiger partial charge in [0.2, 0.25) is 5.91 Å². The Labute approximate surface area is 477 Å². The normalized spacial score (nSPS) is 30.4. The van der Waals surface area contributed by atoms with Gasteiger partial charge in [0.15, 0.2) is 18.9 Å². The lowest BCUT2D eigenvalue weighted by Gasteiger charge is -2.48. The maximum atomic E-state index is 13.3. The summed E-state index contributed by atoms with van der Waals surface area (Å²) in [7, 11) is 0. The summed E-state index contributed by atoms with van der Waals surface area (Å²) in [6, 6.07) is -1.01. The second-order valence-electron chi connectivity index (χ2n) is 21.8. The van der Waals surface area contributed by atoms with Gasteiger partial charge in [0, 0.05) is 6.42 Å². The second-order valence-corrected chi connectivity index (χ2v) is 21.8. The number of carbonyl (C=O) groups excluding carboxylic acids is 1. The first-order valence-electron chi connectivity index (χ1n) is 30.5. The second kappa shape index (κ2) is 44.0. The van der Waals surface area contributed by atoms with Crippen LogP contribution >= 0.6 is 0 Å². The molecule has 3 fully saturated rings. The number of hydrogen-bond acceptors (Lipinski definition) is 18. The molecule has 0 aromatic carbocycles. The van der Waals surface area contributed by atoms with Crippen molar-refractivity contribution in [1.29, 1.82) is 0 Å². The van der Waals surface area contributed by atoms with Crippen LogP contribution in [0.1, 0.15) is 187 Å². The van der Waals surface area contributed by atoms with Crippen molar-refractivity contribution in [2.45, 2.75) is 291 Å². The zero-order chi connectivity index (χ0) is 58.3. The number of allylic oxidation sites excluding steroid dienone is 9. The highest BCUT2D eigenvalue weighted by Gasteiger charge is 2.53. The van der Waals surface area contributed by atoms with E-state index in [2.05, 4.69) is 55.6 Å². The van der Waals surface area contributed by atoms with E-state index >= 15 is 0 Å². The van der Waals surface area contributed by atoms with Crippen molar-refractivity contribution in [2.24, 2.45) is 0 Å². The zero-order valence-electron chi connectivity index (χ0n) is 48.3. The van der Waals surface area contributed by atoms with Crippen LogP contribution in [0.25, 0.3) is 0 Å². The standard InChI is InChI=1S/C61H107NO18/c1-3-5-7-9-11-13-15-17-18-19-20-21-22-23-24-25-27-28-30-32-34-36-38-45(66)44(62-49(67)39-37-35-33-31-29-26-16-14-12-10-8-6-4-2)43-75-59-55(73)52(70)57(47(41-64)77-59)80-61-56(74)53(71)58(48(42-65)78-61)79-60-54(72)51(69)50(68)46(40-63)76-60/h6,8,12,14,26,29,33,35-36,38,44-48,50-61,63-66,68-74H,3-5,7,9-11,13,15-25,27-28,30-32,34,37,39-43H2,1-2H3,(H,62,67)/b8-6-,14-12-,29-26-,35-33-,38-36+. The van der Waals surface area contributed by atoms with Crippen LogP contribution in [0.3, 0.4) is 0 Å². The Morgan fingerprint density at radius 3 is 1.32 bits per heavy atom. The summed E-state index contributed by atoms with van der Waals surface area (Å²) in [6.07, 6.45) is 23.7. The number of rotatable bonds is 44. The fraction of sp³-hybridized carbons (Fsp3) is 0.820. The Bertz CT molecular complexity index is 1700. The van der Waals surface area contributed by atoms with Crippen molar-refractivity contribution >= 4 is 5.91 Å². The van der Waals surface area contributed by atoms with Gasteiger partial charge < -0.3 is 89.9 Å². The minimum Gasteiger partial charge on any atom is -0.394 e. The first-order chi connectivity index (χ1) is 38.8. The Hall–Kier alpha value is -2.51. The molecule has 0 radical (unpaired) electrons. The van der Waals surface area contributed by atoms with Crippen molar-refractivity contribution in [1.82, 2.24) is 5.32 Å². The molecule has 0 bridgehead atoms. The molecule has 3 aliphatic rings. The van der Waals surface area contributed by atoms with E-state index in [1.165, 1.54) is 109 Å². The molecule has 19 nitrogen and oxygen atoms in total. The third kappa shape index (κ3) is 27.5. The molecule has 0 aliphatic carbocycles. The fourth-order valence-corrected chi connectivity index (χ4v) is 10.1. The maximum Gasteiger partial charge on any atom is 0.220 e. The van der Waals surface area contributed by atoms with E-state index in [0.717, 1.165) is 44.9 Å². The van der Waals surface area contributed by atoms with Gasteiger partial charge in [-0.1, -0.05) is 197 Å². The first kappa shape index (κ1) is 71.8. The van der Waals surface area contributed by atoms with E-state index in [9.17, 15) is 61.0 Å². The van der Waals surface area contributed by atoms with Crippen molar-refractivity contribution in [3.8, 4) is 0 Å². The largest absolute Gasteiger partial charge is 0.394 e. The fourth-order valence-electron chi connectivity index (χ4n) is 10.1. The number of hydrogen-bond donors (Lipinski definition) is 12. The Morgan fingerprint density at radius 1 is 0.463 bits per heavy atom. The molecular weight excluding hydrogens is 1030 g/mol. The van der Waals surface area contributed by atoms with Crippen LogP contribution in [0.5, 0.6) is 0 Å². The SMILES string of the molecule is CC/C=C\C/C=C\C/C=C\C/C=C\CCC(=O)NC(COC1OC(CO)C(OC2OC(CO)C(OC3OC(CO)C(O)C(O)C3O)C(O)C2O)C(O)C1O)C(O)/C=C/CCCCCCCCCCCCCCCCCCCCCC. The van der Waals surface area contributed by atoms with E-state index in [-0.39, 0.29) is 18.9 Å². The molecule has 17 atom stereocenters. The summed E-state index contributed by atoms with van der Waals surface area (Å²) in [5, 5.41) is 120. The lowest BCUT2D eigenvalue weighted by atomic mass is 9.96. The molecule has 464 valence electrons. The van der Waals surface area contributed by atoms with Gasteiger partial charge >= 0.3 is 0 Å². The van der Waals surface area contributed by atoms with E-state index in [4.69, 9.17) is 28.4 Å². The third-order valence-electron chi connectivity index (χ3n) is 15.1. The Kier molecular flexibility index (Phi) is 39.5. The molecule has 80 heavy (non-hydrogen) atoms. The maximum absolute atomic E-state index is 13.3. The molecule has 3 heterocycles. The van der Waals surface area contributed by atoms with E-state index in [0.29, 0.717) is 12.8 Å². The van der Waals surface area contributed by atoms with Gasteiger partial charge in [0.1, 0.15) is 73.2 Å². The smallest absolute Gasteiger partial charge is 0.220 e. The van der Waals surface area contributed by atoms with E-state index < -0.39 is 124 Å². The molecule has 12 N–H and O–H groups in total. The lowest BCUT2D eigenvalue weighted by Crippen LogP contribution is -2.66. The van der Waals surface area contributed by atoms with Crippen LogP contribution in [-0.2, 0) is 33.2 Å². The minimum atomic E-state index is -1.99. The number of ether oxygens (including phenoxy) is 6. The van der Waals surface area contributed by atoms with Crippen LogP contribution in [0, 0.1) is 0 Å². The summed E-state index contributed by atoms with van der Waals surface area (Å²) in [5.41, 5.74) is 0. The molecule has 0 aromatic heterocycles. The number of nitrogens with one attached hydrogen (secondary N) is 1. The van der Waals surface area contributed by atoms with Gasteiger partial charge in [-0.05, 0) is 44.9 Å². The summed E-state index contributed by atoms with van der Waals surface area (Å²) in [6.45, 7) is 1.54. The molecule has 19 heteroatoms. The minimum absolute atomic E-state index is 0.120. The van der Waals surface area contributed by atoms with Crippen molar-refractivity contribution in [2.75, 3.05) is 26.4 Å². The number of carbonyl (C=O) groups is 1. The van der Waals surface area contributed by atoms with Crippen molar-refractivity contribution < 1.29 is 89.4 Å². The van der Waals surface area contributed by atoms with Crippen LogP contribution < -0.4 is 5.32 Å². The highest BCUT2D eigenvalue weighted by Crippen LogP contribution is 2.33. The molecule has 1 amide bonds. The van der Waals surface area contributed by atoms with Crippen LogP contribution in [0.2, 0.25) is 0 Å². The number of aliphatic hydroxyl groups excluding tert-OH is 11. The lowest BCUT2D eigenvalue weighted by molar-refractivity contribution is -0.379. The molecule has 0 spiro atoms. The van der Waals surface area contributed by atoms with E-state index in [1.54, 1.807) is 6.08 Å². The molecule has 0 saturated carbocycles. The molecule has 17 unspecified atom stereocenters. The highest BCUT2D eigenvalue weighted by molar-refractivity contribution is 5.76. The predicted molar refractivity (Wildman–Crippen MR) is 305 cm³/mol. The third-order valence-corrected chi connectivity index (χ3v) is 15.1. The summed E-state index contributed by atoms with van der Waals surface area (Å²) in [4.78, 5) is 13.3. The Morgan fingerprint density at radius 2 is 0.863 bits per heavy atom. The molecular formula is C61H107NO18. The monoisotopic (exact) mass is 1140 g/mol. The van der Waals surface area contributed by atoms with E-state index in [1.807, 2.05) is 18.2 Å². The van der Waals surface area contributed by atoms with Gasteiger partial charge in [-0.15, -0.1) is 0 Å². The Balaban J connectivity index is 1.50. The molecule has 0 aromatic rings. The van der Waals surface area contributed by atoms with Crippen LogP contribution in [0.4, 0.5) is 0 Å². The summed E-state index contributed by atoms with van der Waals surface area (Å²) < 4.78 is 34.2. The quantitative estimate of drug-likeness (QED) is 0.0259. The first-order valence-corrected chi connectivity index (χ1v) is 30.5. The van der Waals surface area contributed by atoms with Crippen LogP contribution in [-0.4, -0.2) is 193 Å². The summed E-state index contributed by atoms with van der Waals surface area (Å²) >= 11 is 0. The van der Waals surface area contributed by atoms with Gasteiger partial charge in [-0.2, -0.15) is 0 Å². The van der Waals surface area contributed by atoms with Gasteiger partial charge in [0.25, 0.3) is 0 Å². The number of unbranched alkanes of at least 4 members (excludes halogenated alkanes) is 20. The van der Waals surface area contributed by atoms with Crippen LogP contribution in [0.15, 0.2) is 60.8 Å². The van der Waals surface area contributed by atoms with Gasteiger partial charge in [-0.3, -0.25) is 4.79 Å². The van der Waals surface area contributed by atoms with Crippen molar-refractivity contribution in [3.05, 3.63) is 60.8 Å². The highest BCUT2D eigenvalue weighted by atomic mass is 16.8. The summed E-state index contributed by atoms with van der Waals surface area (Å²) in [5.74, 6) is -0.357. The van der Waals surface area contributed by atoms with Gasteiger partial charge in [0.05, 0.1) is 38.6 Å². The zero-order valence-corrected chi connectivity index (χ0v) is 48.3. The molecule has 3 saturated heterocycles. The topological polar surface area (TPSA) is 307 Å². The molecule has 3 rings (SSSR count). The number of amides is 1. The predicted octanol–water partition coefficient (Wildman–Crippen LogP) is 5.65. The molecule has 3 aliphatic heterocycles.